The third kappa shape index (κ3) is 3.60. The summed E-state index contributed by atoms with van der Waals surface area (Å²) in [4.78, 5) is 12.3. The van der Waals surface area contributed by atoms with E-state index in [1.807, 2.05) is 13.8 Å². The number of carbonyl (C=O) groups is 1. The number of hydrogen-bond donors (Lipinski definition) is 1. The van der Waals surface area contributed by atoms with Crippen molar-refractivity contribution >= 4 is 5.91 Å². The number of nitrogens with zero attached hydrogens (tertiary/aromatic N) is 3. The van der Waals surface area contributed by atoms with Crippen molar-refractivity contribution in [2.75, 3.05) is 0 Å². The lowest BCUT2D eigenvalue weighted by atomic mass is 9.80. The molecule has 0 atom stereocenters. The molecule has 0 bridgehead atoms. The molecule has 27 heavy (non-hydrogen) atoms. The third-order valence-corrected chi connectivity index (χ3v) is 4.65. The van der Waals surface area contributed by atoms with Gasteiger partial charge >= 0.3 is 0 Å². The molecule has 0 spiro atoms. The third-order valence-electron chi connectivity index (χ3n) is 4.65. The van der Waals surface area contributed by atoms with Crippen LogP contribution < -0.4 is 5.32 Å². The van der Waals surface area contributed by atoms with Crippen molar-refractivity contribution in [1.29, 1.82) is 0 Å². The maximum atomic E-state index is 13.0. The summed E-state index contributed by atoms with van der Waals surface area (Å²) in [6, 6.07) is 7.41. The van der Waals surface area contributed by atoms with Crippen LogP contribution in [0, 0.1) is 5.82 Å². The fourth-order valence-electron chi connectivity index (χ4n) is 2.98. The van der Waals surface area contributed by atoms with Crippen LogP contribution >= 0.6 is 0 Å². The molecular formula is C19H19FN4O3. The molecule has 2 aromatic heterocycles. The Labute approximate surface area is 155 Å². The Kier molecular flexibility index (Phi) is 4.47. The van der Waals surface area contributed by atoms with E-state index in [1.54, 1.807) is 18.2 Å². The van der Waals surface area contributed by atoms with Crippen LogP contribution in [0.15, 0.2) is 39.3 Å². The molecule has 7 nitrogen and oxygen atoms in total. The van der Waals surface area contributed by atoms with Gasteiger partial charge in [-0.15, -0.1) is 10.2 Å². The Morgan fingerprint density at radius 2 is 1.96 bits per heavy atom. The average Bonchev–Trinajstić information content (AvgIpc) is 3.28. The minimum atomic E-state index is -0.332. The van der Waals surface area contributed by atoms with E-state index in [0.29, 0.717) is 23.0 Å². The highest BCUT2D eigenvalue weighted by atomic mass is 19.1. The van der Waals surface area contributed by atoms with Crippen molar-refractivity contribution < 1.29 is 18.1 Å². The number of carbonyl (C=O) groups excluding carboxylic acids is 1. The van der Waals surface area contributed by atoms with E-state index in [1.165, 1.54) is 12.1 Å². The highest BCUT2D eigenvalue weighted by molar-refractivity contribution is 5.92. The van der Waals surface area contributed by atoms with Gasteiger partial charge < -0.3 is 14.3 Å². The number of amides is 1. The number of halogens is 1. The van der Waals surface area contributed by atoms with Crippen LogP contribution in [0.25, 0.3) is 11.3 Å². The molecular weight excluding hydrogens is 351 g/mol. The molecule has 2 heterocycles. The molecule has 0 radical (unpaired) electrons. The smallest absolute Gasteiger partial charge is 0.290 e. The van der Waals surface area contributed by atoms with Crippen molar-refractivity contribution in [3.8, 4) is 11.3 Å². The largest absolute Gasteiger partial charge is 0.425 e. The van der Waals surface area contributed by atoms with Crippen LogP contribution in [0.5, 0.6) is 0 Å². The van der Waals surface area contributed by atoms with Gasteiger partial charge in [0.25, 0.3) is 5.91 Å². The van der Waals surface area contributed by atoms with E-state index in [-0.39, 0.29) is 35.4 Å². The SMILES string of the molecule is CC(C)c1nnc(C2CC(NC(=O)c3cc(-c4ccc(F)cc4)no3)C2)o1. The molecule has 1 aromatic carbocycles. The van der Waals surface area contributed by atoms with Gasteiger partial charge in [0.05, 0.1) is 0 Å². The molecule has 8 heteroatoms. The first-order valence-electron chi connectivity index (χ1n) is 8.86. The second kappa shape index (κ2) is 6.94. The molecule has 4 rings (SSSR count). The molecule has 0 saturated heterocycles. The van der Waals surface area contributed by atoms with Crippen LogP contribution in [0.2, 0.25) is 0 Å². The Balaban J connectivity index is 1.33. The lowest BCUT2D eigenvalue weighted by Crippen LogP contribution is -2.43. The Hall–Kier alpha value is -3.03. The molecule has 1 N–H and O–H groups in total. The number of benzene rings is 1. The molecule has 140 valence electrons. The first-order valence-corrected chi connectivity index (χ1v) is 8.86. The maximum absolute atomic E-state index is 13.0. The summed E-state index contributed by atoms with van der Waals surface area (Å²) in [5.74, 6) is 1.09. The fourth-order valence-corrected chi connectivity index (χ4v) is 2.98. The van der Waals surface area contributed by atoms with Crippen LogP contribution in [-0.2, 0) is 0 Å². The van der Waals surface area contributed by atoms with Crippen LogP contribution in [0.3, 0.4) is 0 Å². The zero-order chi connectivity index (χ0) is 19.0. The topological polar surface area (TPSA) is 94.1 Å². The molecule has 1 amide bonds. The maximum Gasteiger partial charge on any atom is 0.290 e. The van der Waals surface area contributed by atoms with Gasteiger partial charge in [-0.05, 0) is 37.1 Å². The van der Waals surface area contributed by atoms with E-state index in [4.69, 9.17) is 8.94 Å². The number of nitrogens with one attached hydrogen (secondary N) is 1. The first kappa shape index (κ1) is 17.4. The predicted octanol–water partition coefficient (Wildman–Crippen LogP) is 3.66. The van der Waals surface area contributed by atoms with Gasteiger partial charge in [0, 0.05) is 29.5 Å². The molecule has 0 unspecified atom stereocenters. The summed E-state index contributed by atoms with van der Waals surface area (Å²) < 4.78 is 23.8. The molecule has 3 aromatic rings. The predicted molar refractivity (Wildman–Crippen MR) is 93.5 cm³/mol. The monoisotopic (exact) mass is 370 g/mol. The molecule has 1 saturated carbocycles. The molecule has 1 aliphatic carbocycles. The molecule has 1 aliphatic rings. The summed E-state index contributed by atoms with van der Waals surface area (Å²) in [5, 5.41) is 14.9. The highest BCUT2D eigenvalue weighted by Crippen LogP contribution is 2.36. The standard InChI is InChI=1S/C19H19FN4O3/c1-10(2)18-22-23-19(26-18)12-7-14(8-12)21-17(25)16-9-15(24-27-16)11-3-5-13(20)6-4-11/h3-6,9-10,12,14H,7-8H2,1-2H3,(H,21,25). The van der Waals surface area contributed by atoms with Crippen LogP contribution in [-0.4, -0.2) is 27.3 Å². The van der Waals surface area contributed by atoms with Crippen LogP contribution in [0.1, 0.15) is 60.9 Å². The van der Waals surface area contributed by atoms with Gasteiger partial charge in [0.2, 0.25) is 17.5 Å². The van der Waals surface area contributed by atoms with E-state index in [2.05, 4.69) is 20.7 Å². The summed E-state index contributed by atoms with van der Waals surface area (Å²) in [5.41, 5.74) is 1.17. The van der Waals surface area contributed by atoms with Gasteiger partial charge in [-0.1, -0.05) is 19.0 Å². The summed E-state index contributed by atoms with van der Waals surface area (Å²) in [7, 11) is 0. The van der Waals surface area contributed by atoms with Crippen molar-refractivity contribution in [1.82, 2.24) is 20.7 Å². The van der Waals surface area contributed by atoms with Gasteiger partial charge in [-0.25, -0.2) is 4.39 Å². The van der Waals surface area contributed by atoms with Crippen molar-refractivity contribution in [2.24, 2.45) is 0 Å². The summed E-state index contributed by atoms with van der Waals surface area (Å²) in [6.07, 6.45) is 1.48. The van der Waals surface area contributed by atoms with Crippen molar-refractivity contribution in [2.45, 2.75) is 44.6 Å². The van der Waals surface area contributed by atoms with E-state index >= 15 is 0 Å². The fraction of sp³-hybridized carbons (Fsp3) is 0.368. The van der Waals surface area contributed by atoms with E-state index in [0.717, 1.165) is 12.8 Å². The van der Waals surface area contributed by atoms with Crippen molar-refractivity contribution in [3.05, 3.63) is 53.7 Å². The van der Waals surface area contributed by atoms with Crippen LogP contribution in [0.4, 0.5) is 4.39 Å². The van der Waals surface area contributed by atoms with E-state index < -0.39 is 0 Å². The van der Waals surface area contributed by atoms with Gasteiger partial charge in [0.15, 0.2) is 0 Å². The summed E-state index contributed by atoms with van der Waals surface area (Å²) >= 11 is 0. The quantitative estimate of drug-likeness (QED) is 0.736. The van der Waals surface area contributed by atoms with E-state index in [9.17, 15) is 9.18 Å². The summed E-state index contributed by atoms with van der Waals surface area (Å²) in [6.45, 7) is 4.00. The lowest BCUT2D eigenvalue weighted by Gasteiger charge is -2.33. The molecule has 0 aliphatic heterocycles. The minimum Gasteiger partial charge on any atom is -0.425 e. The number of hydrogen-bond acceptors (Lipinski definition) is 6. The Bertz CT molecular complexity index is 942. The second-order valence-corrected chi connectivity index (χ2v) is 7.06. The minimum absolute atomic E-state index is 0.0243. The highest BCUT2D eigenvalue weighted by Gasteiger charge is 2.36. The normalized spacial score (nSPS) is 19.1. The zero-order valence-electron chi connectivity index (χ0n) is 15.0. The lowest BCUT2D eigenvalue weighted by molar-refractivity contribution is 0.0865. The van der Waals surface area contributed by atoms with Gasteiger partial charge in [-0.3, -0.25) is 4.79 Å². The molecule has 1 fully saturated rings. The van der Waals surface area contributed by atoms with Crippen molar-refractivity contribution in [3.63, 3.8) is 0 Å². The van der Waals surface area contributed by atoms with Gasteiger partial charge in [0.1, 0.15) is 11.5 Å². The van der Waals surface area contributed by atoms with Gasteiger partial charge in [-0.2, -0.15) is 0 Å². The number of rotatable bonds is 5. The zero-order valence-corrected chi connectivity index (χ0v) is 15.0. The average molecular weight is 370 g/mol. The Morgan fingerprint density at radius 3 is 2.63 bits per heavy atom. The number of aromatic nitrogens is 3. The second-order valence-electron chi connectivity index (χ2n) is 7.06. The Morgan fingerprint density at radius 1 is 1.22 bits per heavy atom. The first-order chi connectivity index (χ1) is 13.0.